The monoisotopic (exact) mass is 216 g/mol. The van der Waals surface area contributed by atoms with Crippen LogP contribution in [-0.4, -0.2) is 20.7 Å². The van der Waals surface area contributed by atoms with Crippen molar-refractivity contribution in [1.82, 2.24) is 14.8 Å². The standard InChI is InChI=1S/C11H12N4O/c1-9(15-8-4-7-13-15)11(16)14-10-5-2-3-6-12-10/h2-9H,1H3,(H,12,14,16)/t9-/m0/s1. The summed E-state index contributed by atoms with van der Waals surface area (Å²) in [4.78, 5) is 15.8. The topological polar surface area (TPSA) is 59.8 Å². The van der Waals surface area contributed by atoms with Gasteiger partial charge in [-0.05, 0) is 25.1 Å². The number of carbonyl (C=O) groups is 1. The fourth-order valence-electron chi connectivity index (χ4n) is 1.30. The van der Waals surface area contributed by atoms with Crippen LogP contribution in [0.3, 0.4) is 0 Å². The van der Waals surface area contributed by atoms with Crippen LogP contribution in [0.4, 0.5) is 5.82 Å². The van der Waals surface area contributed by atoms with Gasteiger partial charge in [0.15, 0.2) is 0 Å². The zero-order chi connectivity index (χ0) is 11.4. The zero-order valence-corrected chi connectivity index (χ0v) is 8.87. The first kappa shape index (κ1) is 10.4. The Balaban J connectivity index is 2.04. The van der Waals surface area contributed by atoms with Crippen molar-refractivity contribution in [3.63, 3.8) is 0 Å². The number of hydrogen-bond donors (Lipinski definition) is 1. The first-order valence-corrected chi connectivity index (χ1v) is 4.98. The molecule has 16 heavy (non-hydrogen) atoms. The number of amides is 1. The molecule has 5 heteroatoms. The van der Waals surface area contributed by atoms with E-state index in [2.05, 4.69) is 15.4 Å². The van der Waals surface area contributed by atoms with Gasteiger partial charge in [-0.1, -0.05) is 6.07 Å². The van der Waals surface area contributed by atoms with Gasteiger partial charge in [-0.15, -0.1) is 0 Å². The number of hydrogen-bond acceptors (Lipinski definition) is 3. The van der Waals surface area contributed by atoms with Gasteiger partial charge in [0.05, 0.1) is 0 Å². The van der Waals surface area contributed by atoms with Crippen LogP contribution >= 0.6 is 0 Å². The molecule has 5 nitrogen and oxygen atoms in total. The third-order valence-electron chi connectivity index (χ3n) is 2.22. The van der Waals surface area contributed by atoms with Crippen LogP contribution in [0.2, 0.25) is 0 Å². The van der Waals surface area contributed by atoms with Crippen LogP contribution in [0.15, 0.2) is 42.9 Å². The number of nitrogens with one attached hydrogen (secondary N) is 1. The molecule has 1 N–H and O–H groups in total. The first-order valence-electron chi connectivity index (χ1n) is 4.98. The third-order valence-corrected chi connectivity index (χ3v) is 2.22. The second-order valence-corrected chi connectivity index (χ2v) is 3.37. The number of carbonyl (C=O) groups excluding carboxylic acids is 1. The predicted octanol–water partition coefficient (Wildman–Crippen LogP) is 1.48. The number of anilines is 1. The Morgan fingerprint density at radius 1 is 1.38 bits per heavy atom. The van der Waals surface area contributed by atoms with Crippen molar-refractivity contribution in [2.24, 2.45) is 0 Å². The Hall–Kier alpha value is -2.17. The van der Waals surface area contributed by atoms with Crippen LogP contribution in [0, 0.1) is 0 Å². The highest BCUT2D eigenvalue weighted by atomic mass is 16.2. The maximum atomic E-state index is 11.8. The largest absolute Gasteiger partial charge is 0.309 e. The molecule has 1 atom stereocenters. The van der Waals surface area contributed by atoms with E-state index >= 15 is 0 Å². The number of rotatable bonds is 3. The highest BCUT2D eigenvalue weighted by Crippen LogP contribution is 2.07. The maximum absolute atomic E-state index is 11.8. The summed E-state index contributed by atoms with van der Waals surface area (Å²) in [7, 11) is 0. The molecule has 0 saturated carbocycles. The molecule has 0 radical (unpaired) electrons. The van der Waals surface area contributed by atoms with Gasteiger partial charge in [0.2, 0.25) is 5.91 Å². The second-order valence-electron chi connectivity index (χ2n) is 3.37. The summed E-state index contributed by atoms with van der Waals surface area (Å²) in [5, 5.41) is 6.73. The molecule has 2 aromatic rings. The average molecular weight is 216 g/mol. The number of nitrogens with zero attached hydrogens (tertiary/aromatic N) is 3. The Kier molecular flexibility index (Phi) is 2.95. The minimum atomic E-state index is -0.350. The zero-order valence-electron chi connectivity index (χ0n) is 8.87. The van der Waals surface area contributed by atoms with E-state index in [0.717, 1.165) is 0 Å². The van der Waals surface area contributed by atoms with Gasteiger partial charge in [-0.25, -0.2) is 4.98 Å². The molecule has 1 amide bonds. The van der Waals surface area contributed by atoms with Gasteiger partial charge >= 0.3 is 0 Å². The van der Waals surface area contributed by atoms with E-state index < -0.39 is 0 Å². The highest BCUT2D eigenvalue weighted by molar-refractivity contribution is 5.92. The van der Waals surface area contributed by atoms with Gasteiger partial charge in [0.25, 0.3) is 0 Å². The molecular weight excluding hydrogens is 204 g/mol. The average Bonchev–Trinajstić information content (AvgIpc) is 2.83. The van der Waals surface area contributed by atoms with E-state index in [1.165, 1.54) is 0 Å². The smallest absolute Gasteiger partial charge is 0.250 e. The molecule has 0 aliphatic rings. The summed E-state index contributed by atoms with van der Waals surface area (Å²) >= 11 is 0. The molecule has 0 aliphatic heterocycles. The van der Waals surface area contributed by atoms with Gasteiger partial charge < -0.3 is 5.32 Å². The molecule has 2 rings (SSSR count). The van der Waals surface area contributed by atoms with Crippen LogP contribution < -0.4 is 5.32 Å². The van der Waals surface area contributed by atoms with Gasteiger partial charge in [0.1, 0.15) is 11.9 Å². The normalized spacial score (nSPS) is 12.1. The lowest BCUT2D eigenvalue weighted by Gasteiger charge is -2.11. The highest BCUT2D eigenvalue weighted by Gasteiger charge is 2.14. The lowest BCUT2D eigenvalue weighted by atomic mass is 10.3. The molecule has 0 aromatic carbocycles. The molecule has 0 bridgehead atoms. The fraction of sp³-hybridized carbons (Fsp3) is 0.182. The molecule has 0 spiro atoms. The lowest BCUT2D eigenvalue weighted by molar-refractivity contribution is -0.119. The first-order chi connectivity index (χ1) is 7.77. The summed E-state index contributed by atoms with van der Waals surface area (Å²) in [5.41, 5.74) is 0. The van der Waals surface area contributed by atoms with Crippen LogP contribution in [0.25, 0.3) is 0 Å². The van der Waals surface area contributed by atoms with E-state index in [1.807, 2.05) is 6.07 Å². The van der Waals surface area contributed by atoms with Crippen molar-refractivity contribution in [3.8, 4) is 0 Å². The molecule has 2 heterocycles. The summed E-state index contributed by atoms with van der Waals surface area (Å²) in [6.07, 6.45) is 5.03. The number of aromatic nitrogens is 3. The Morgan fingerprint density at radius 2 is 2.25 bits per heavy atom. The third kappa shape index (κ3) is 2.25. The quantitative estimate of drug-likeness (QED) is 0.845. The van der Waals surface area contributed by atoms with Crippen molar-refractivity contribution in [2.45, 2.75) is 13.0 Å². The second kappa shape index (κ2) is 4.57. The lowest BCUT2D eigenvalue weighted by Crippen LogP contribution is -2.24. The van der Waals surface area contributed by atoms with Gasteiger partial charge in [-0.3, -0.25) is 9.48 Å². The molecule has 82 valence electrons. The van der Waals surface area contributed by atoms with Crippen LogP contribution in [-0.2, 0) is 4.79 Å². The molecular formula is C11H12N4O. The van der Waals surface area contributed by atoms with Crippen molar-refractivity contribution in [1.29, 1.82) is 0 Å². The van der Waals surface area contributed by atoms with E-state index in [9.17, 15) is 4.79 Å². The summed E-state index contributed by atoms with van der Waals surface area (Å²) in [6, 6.07) is 6.79. The van der Waals surface area contributed by atoms with Crippen LogP contribution in [0.1, 0.15) is 13.0 Å². The Labute approximate surface area is 93.1 Å². The molecule has 2 aromatic heterocycles. The van der Waals surface area contributed by atoms with Gasteiger partial charge in [0, 0.05) is 18.6 Å². The molecule has 0 unspecified atom stereocenters. The Morgan fingerprint density at radius 3 is 2.88 bits per heavy atom. The molecule has 0 aliphatic carbocycles. The van der Waals surface area contributed by atoms with Crippen LogP contribution in [0.5, 0.6) is 0 Å². The fourth-order valence-corrected chi connectivity index (χ4v) is 1.30. The van der Waals surface area contributed by atoms with E-state index in [0.29, 0.717) is 5.82 Å². The van der Waals surface area contributed by atoms with Gasteiger partial charge in [-0.2, -0.15) is 5.10 Å². The van der Waals surface area contributed by atoms with E-state index in [4.69, 9.17) is 0 Å². The minimum Gasteiger partial charge on any atom is -0.309 e. The molecule has 0 fully saturated rings. The van der Waals surface area contributed by atoms with Crippen molar-refractivity contribution in [2.75, 3.05) is 5.32 Å². The Bertz CT molecular complexity index is 452. The summed E-state index contributed by atoms with van der Waals surface area (Å²) < 4.78 is 1.60. The molecule has 0 saturated heterocycles. The summed E-state index contributed by atoms with van der Waals surface area (Å²) in [5.74, 6) is 0.411. The SMILES string of the molecule is C[C@@H](C(=O)Nc1ccccn1)n1cccn1. The predicted molar refractivity (Wildman–Crippen MR) is 59.8 cm³/mol. The van der Waals surface area contributed by atoms with Crippen molar-refractivity contribution >= 4 is 11.7 Å². The maximum Gasteiger partial charge on any atom is 0.250 e. The summed E-state index contributed by atoms with van der Waals surface area (Å²) in [6.45, 7) is 1.78. The van der Waals surface area contributed by atoms with E-state index in [-0.39, 0.29) is 11.9 Å². The van der Waals surface area contributed by atoms with E-state index in [1.54, 1.807) is 48.4 Å². The van der Waals surface area contributed by atoms with Crippen molar-refractivity contribution in [3.05, 3.63) is 42.9 Å². The number of pyridine rings is 1. The van der Waals surface area contributed by atoms with Crippen molar-refractivity contribution < 1.29 is 4.79 Å². The minimum absolute atomic E-state index is 0.137.